The number of carbonyl (C=O) groups excluding carboxylic acids is 2. The fourth-order valence-electron chi connectivity index (χ4n) is 2.85. The third-order valence-electron chi connectivity index (χ3n) is 4.25. The average molecular weight is 350 g/mol. The predicted molar refractivity (Wildman–Crippen MR) is 94.9 cm³/mol. The summed E-state index contributed by atoms with van der Waals surface area (Å²) in [5, 5.41) is 9.30. The Morgan fingerprint density at radius 2 is 1.85 bits per heavy atom. The van der Waals surface area contributed by atoms with Crippen LogP contribution in [-0.2, 0) is 9.53 Å². The maximum absolute atomic E-state index is 12.3. The van der Waals surface area contributed by atoms with E-state index in [1.807, 2.05) is 6.07 Å². The number of amides is 1. The molecule has 0 spiro atoms. The van der Waals surface area contributed by atoms with Crippen molar-refractivity contribution in [2.45, 2.75) is 12.8 Å². The second-order valence-corrected chi connectivity index (χ2v) is 5.94. The molecule has 0 aliphatic carbocycles. The van der Waals surface area contributed by atoms with Crippen molar-refractivity contribution >= 4 is 18.0 Å². The molecule has 0 atom stereocenters. The molecule has 1 fully saturated rings. The van der Waals surface area contributed by atoms with Crippen LogP contribution < -0.4 is 0 Å². The van der Waals surface area contributed by atoms with E-state index in [0.29, 0.717) is 30.2 Å². The summed E-state index contributed by atoms with van der Waals surface area (Å²) in [6.45, 7) is 1.38. The third-order valence-corrected chi connectivity index (χ3v) is 4.25. The first-order valence-corrected chi connectivity index (χ1v) is 8.32. The zero-order chi connectivity index (χ0) is 18.5. The largest absolute Gasteiger partial charge is 0.465 e. The molecule has 26 heavy (non-hydrogen) atoms. The van der Waals surface area contributed by atoms with E-state index in [4.69, 9.17) is 4.42 Å². The molecule has 0 saturated carbocycles. The van der Waals surface area contributed by atoms with Crippen molar-refractivity contribution in [1.82, 2.24) is 4.90 Å². The van der Waals surface area contributed by atoms with Gasteiger partial charge in [0.05, 0.1) is 12.7 Å². The van der Waals surface area contributed by atoms with Gasteiger partial charge in [-0.15, -0.1) is 0 Å². The highest BCUT2D eigenvalue weighted by Crippen LogP contribution is 2.24. The van der Waals surface area contributed by atoms with Crippen molar-refractivity contribution in [3.8, 4) is 17.4 Å². The van der Waals surface area contributed by atoms with Gasteiger partial charge >= 0.3 is 5.97 Å². The van der Waals surface area contributed by atoms with Crippen LogP contribution in [0.2, 0.25) is 0 Å². The lowest BCUT2D eigenvalue weighted by atomic mass is 10.1. The van der Waals surface area contributed by atoms with Crippen molar-refractivity contribution < 1.29 is 18.7 Å². The molecule has 6 heteroatoms. The molecular weight excluding hydrogens is 332 g/mol. The molecule has 132 valence electrons. The van der Waals surface area contributed by atoms with Crippen molar-refractivity contribution in [1.29, 1.82) is 5.26 Å². The van der Waals surface area contributed by atoms with Crippen LogP contribution in [-0.4, -0.2) is 37.0 Å². The summed E-state index contributed by atoms with van der Waals surface area (Å²) in [6, 6.07) is 12.2. The molecule has 0 unspecified atom stereocenters. The summed E-state index contributed by atoms with van der Waals surface area (Å²) in [5.41, 5.74) is 1.29. The molecule has 1 aromatic heterocycles. The predicted octanol–water partition coefficient (Wildman–Crippen LogP) is 3.26. The number of benzene rings is 1. The van der Waals surface area contributed by atoms with E-state index in [1.54, 1.807) is 41.3 Å². The van der Waals surface area contributed by atoms with Gasteiger partial charge in [0.1, 0.15) is 23.2 Å². The number of nitriles is 1. The lowest BCUT2D eigenvalue weighted by Crippen LogP contribution is -2.28. The highest BCUT2D eigenvalue weighted by atomic mass is 16.5. The topological polar surface area (TPSA) is 83.5 Å². The Bertz CT molecular complexity index is 881. The fourth-order valence-corrected chi connectivity index (χ4v) is 2.85. The van der Waals surface area contributed by atoms with Crippen LogP contribution in [0, 0.1) is 11.3 Å². The normalized spacial score (nSPS) is 14.2. The van der Waals surface area contributed by atoms with Gasteiger partial charge in [-0.25, -0.2) is 4.79 Å². The summed E-state index contributed by atoms with van der Waals surface area (Å²) in [5.74, 6) is 0.351. The zero-order valence-electron chi connectivity index (χ0n) is 14.4. The van der Waals surface area contributed by atoms with E-state index in [1.165, 1.54) is 13.2 Å². The molecule has 0 bridgehead atoms. The Morgan fingerprint density at radius 3 is 2.46 bits per heavy atom. The van der Waals surface area contributed by atoms with Gasteiger partial charge in [-0.2, -0.15) is 5.26 Å². The van der Waals surface area contributed by atoms with E-state index < -0.39 is 5.97 Å². The molecule has 1 aliphatic rings. The summed E-state index contributed by atoms with van der Waals surface area (Å²) < 4.78 is 10.4. The summed E-state index contributed by atoms with van der Waals surface area (Å²) in [7, 11) is 1.33. The molecule has 0 N–H and O–H groups in total. The molecule has 1 aromatic carbocycles. The molecule has 3 rings (SSSR count). The number of esters is 1. The molecule has 6 nitrogen and oxygen atoms in total. The van der Waals surface area contributed by atoms with Crippen LogP contribution in [0.25, 0.3) is 17.4 Å². The van der Waals surface area contributed by atoms with Crippen molar-refractivity contribution in [3.05, 3.63) is 53.3 Å². The standard InChI is InChI=1S/C20H18N2O4/c1-25-20(24)15-6-4-14(5-7-15)18-9-8-17(26-18)12-16(13-21)19(23)22-10-2-3-11-22/h4-9,12H,2-3,10-11H2,1H3/b16-12+. The molecule has 0 radical (unpaired) electrons. The number of ether oxygens (including phenoxy) is 1. The minimum Gasteiger partial charge on any atom is -0.465 e. The second-order valence-electron chi connectivity index (χ2n) is 5.94. The first-order valence-electron chi connectivity index (χ1n) is 8.32. The van der Waals surface area contributed by atoms with Crippen LogP contribution in [0.4, 0.5) is 0 Å². The number of rotatable bonds is 4. The molecule has 1 amide bonds. The third kappa shape index (κ3) is 3.67. The van der Waals surface area contributed by atoms with Gasteiger partial charge in [-0.05, 0) is 37.1 Å². The summed E-state index contributed by atoms with van der Waals surface area (Å²) >= 11 is 0. The van der Waals surface area contributed by atoms with Crippen LogP contribution in [0.5, 0.6) is 0 Å². The first-order chi connectivity index (χ1) is 12.6. The first kappa shape index (κ1) is 17.5. The smallest absolute Gasteiger partial charge is 0.337 e. The van der Waals surface area contributed by atoms with E-state index in [0.717, 1.165) is 18.4 Å². The maximum Gasteiger partial charge on any atom is 0.337 e. The lowest BCUT2D eigenvalue weighted by molar-refractivity contribution is -0.125. The Hall–Kier alpha value is -3.33. The Balaban J connectivity index is 1.79. The van der Waals surface area contributed by atoms with Gasteiger partial charge in [0.25, 0.3) is 5.91 Å². The van der Waals surface area contributed by atoms with Gasteiger partial charge in [-0.1, -0.05) is 12.1 Å². The van der Waals surface area contributed by atoms with Crippen LogP contribution in [0.1, 0.15) is 29.0 Å². The number of carbonyl (C=O) groups is 2. The minimum atomic E-state index is -0.404. The second kappa shape index (κ2) is 7.70. The monoisotopic (exact) mass is 350 g/mol. The molecule has 1 saturated heterocycles. The zero-order valence-corrected chi connectivity index (χ0v) is 14.4. The minimum absolute atomic E-state index is 0.0637. The van der Waals surface area contributed by atoms with Crippen LogP contribution in [0.15, 0.2) is 46.4 Å². The fraction of sp³-hybridized carbons (Fsp3) is 0.250. The van der Waals surface area contributed by atoms with E-state index in [2.05, 4.69) is 4.74 Å². The molecule has 2 aromatic rings. The Kier molecular flexibility index (Phi) is 5.18. The SMILES string of the molecule is COC(=O)c1ccc(-c2ccc(/C=C(\C#N)C(=O)N3CCCC3)o2)cc1. The molecular formula is C20H18N2O4. The van der Waals surface area contributed by atoms with E-state index >= 15 is 0 Å². The number of methoxy groups -OCH3 is 1. The number of furan rings is 1. The van der Waals surface area contributed by atoms with Crippen LogP contribution in [0.3, 0.4) is 0 Å². The van der Waals surface area contributed by atoms with Crippen LogP contribution >= 0.6 is 0 Å². The van der Waals surface area contributed by atoms with Crippen molar-refractivity contribution in [2.24, 2.45) is 0 Å². The van der Waals surface area contributed by atoms with Gasteiger partial charge in [0.2, 0.25) is 0 Å². The number of nitrogens with zero attached hydrogens (tertiary/aromatic N) is 2. The molecule has 2 heterocycles. The molecule has 1 aliphatic heterocycles. The van der Waals surface area contributed by atoms with Gasteiger partial charge in [0.15, 0.2) is 0 Å². The lowest BCUT2D eigenvalue weighted by Gasteiger charge is -2.13. The Labute approximate surface area is 151 Å². The number of likely N-dealkylation sites (tertiary alicyclic amines) is 1. The highest BCUT2D eigenvalue weighted by Gasteiger charge is 2.21. The van der Waals surface area contributed by atoms with E-state index in [-0.39, 0.29) is 11.5 Å². The quantitative estimate of drug-likeness (QED) is 0.480. The van der Waals surface area contributed by atoms with Crippen molar-refractivity contribution in [3.63, 3.8) is 0 Å². The van der Waals surface area contributed by atoms with Gasteiger partial charge in [-0.3, -0.25) is 4.79 Å². The number of hydrogen-bond acceptors (Lipinski definition) is 5. The summed E-state index contributed by atoms with van der Waals surface area (Å²) in [4.78, 5) is 25.5. The van der Waals surface area contributed by atoms with Crippen molar-refractivity contribution in [2.75, 3.05) is 20.2 Å². The average Bonchev–Trinajstić information content (AvgIpc) is 3.37. The number of hydrogen-bond donors (Lipinski definition) is 0. The maximum atomic E-state index is 12.3. The van der Waals surface area contributed by atoms with Gasteiger partial charge < -0.3 is 14.1 Å². The van der Waals surface area contributed by atoms with Gasteiger partial charge in [0, 0.05) is 24.7 Å². The highest BCUT2D eigenvalue weighted by molar-refractivity contribution is 6.01. The van der Waals surface area contributed by atoms with E-state index in [9.17, 15) is 14.9 Å². The summed E-state index contributed by atoms with van der Waals surface area (Å²) in [6.07, 6.45) is 3.40. The Morgan fingerprint density at radius 1 is 1.15 bits per heavy atom.